The van der Waals surface area contributed by atoms with Crippen molar-refractivity contribution in [2.24, 2.45) is 0 Å². The minimum Gasteiger partial charge on any atom is -0.368 e. The summed E-state index contributed by atoms with van der Waals surface area (Å²) in [7, 11) is 0. The summed E-state index contributed by atoms with van der Waals surface area (Å²) in [5, 5.41) is 9.51. The van der Waals surface area contributed by atoms with Crippen LogP contribution in [-0.2, 0) is 11.2 Å². The molecule has 0 radical (unpaired) electrons. The largest absolute Gasteiger partial charge is 0.368 e. The van der Waals surface area contributed by atoms with Gasteiger partial charge in [-0.15, -0.1) is 0 Å². The van der Waals surface area contributed by atoms with Gasteiger partial charge in [0, 0.05) is 13.0 Å². The van der Waals surface area contributed by atoms with Crippen molar-refractivity contribution in [1.82, 2.24) is 0 Å². The van der Waals surface area contributed by atoms with E-state index in [0.717, 1.165) is 19.3 Å². The minimum atomic E-state index is -0.614. The first kappa shape index (κ1) is 12.2. The van der Waals surface area contributed by atoms with Crippen molar-refractivity contribution in [3.05, 3.63) is 35.9 Å². The Morgan fingerprint density at radius 3 is 2.67 bits per heavy atom. The molecule has 0 fully saturated rings. The summed E-state index contributed by atoms with van der Waals surface area (Å²) in [6, 6.07) is 10.2. The molecular formula is C13H20O2. The second kappa shape index (κ2) is 7.43. The zero-order valence-corrected chi connectivity index (χ0v) is 9.36. The predicted octanol–water partition coefficient (Wildman–Crippen LogP) is 2.75. The topological polar surface area (TPSA) is 29.5 Å². The molecule has 0 aliphatic rings. The third kappa shape index (κ3) is 5.55. The van der Waals surface area contributed by atoms with Crippen LogP contribution in [0.25, 0.3) is 0 Å². The lowest BCUT2D eigenvalue weighted by molar-refractivity contribution is -0.103. The van der Waals surface area contributed by atoms with Gasteiger partial charge >= 0.3 is 0 Å². The van der Waals surface area contributed by atoms with Gasteiger partial charge in [0.25, 0.3) is 0 Å². The van der Waals surface area contributed by atoms with Crippen LogP contribution in [0.15, 0.2) is 30.3 Å². The van der Waals surface area contributed by atoms with Crippen molar-refractivity contribution >= 4 is 0 Å². The standard InChI is InChI=1S/C13H20O2/c1-2-3-11-15-13(14)10-9-12-7-5-4-6-8-12/h4-8,13-14H,2-3,9-11H2,1H3. The van der Waals surface area contributed by atoms with Crippen LogP contribution < -0.4 is 0 Å². The summed E-state index contributed by atoms with van der Waals surface area (Å²) >= 11 is 0. The normalized spacial score (nSPS) is 12.7. The van der Waals surface area contributed by atoms with Gasteiger partial charge in [0.2, 0.25) is 0 Å². The summed E-state index contributed by atoms with van der Waals surface area (Å²) in [6.45, 7) is 2.77. The SMILES string of the molecule is CCCCOC(O)CCc1ccccc1. The molecular weight excluding hydrogens is 188 g/mol. The van der Waals surface area contributed by atoms with Gasteiger partial charge in [-0.05, 0) is 18.4 Å². The second-order valence-electron chi connectivity index (χ2n) is 3.70. The molecule has 2 nitrogen and oxygen atoms in total. The molecule has 15 heavy (non-hydrogen) atoms. The highest BCUT2D eigenvalue weighted by atomic mass is 16.6. The average molecular weight is 208 g/mol. The van der Waals surface area contributed by atoms with Crippen LogP contribution in [0.1, 0.15) is 31.7 Å². The number of aryl methyl sites for hydroxylation is 1. The highest BCUT2D eigenvalue weighted by molar-refractivity contribution is 5.14. The number of ether oxygens (including phenoxy) is 1. The Hall–Kier alpha value is -0.860. The van der Waals surface area contributed by atoms with E-state index in [2.05, 4.69) is 19.1 Å². The van der Waals surface area contributed by atoms with E-state index in [1.807, 2.05) is 18.2 Å². The van der Waals surface area contributed by atoms with Crippen LogP contribution in [0, 0.1) is 0 Å². The van der Waals surface area contributed by atoms with Crippen molar-refractivity contribution in [3.8, 4) is 0 Å². The van der Waals surface area contributed by atoms with Gasteiger partial charge < -0.3 is 9.84 Å². The molecule has 2 heteroatoms. The molecule has 1 aromatic carbocycles. The average Bonchev–Trinajstić information content (AvgIpc) is 2.28. The number of hydrogen-bond acceptors (Lipinski definition) is 2. The van der Waals surface area contributed by atoms with Crippen LogP contribution in [0.4, 0.5) is 0 Å². The second-order valence-corrected chi connectivity index (χ2v) is 3.70. The monoisotopic (exact) mass is 208 g/mol. The van der Waals surface area contributed by atoms with E-state index in [1.165, 1.54) is 5.56 Å². The highest BCUT2D eigenvalue weighted by Crippen LogP contribution is 2.06. The Labute approximate surface area is 91.9 Å². The molecule has 1 unspecified atom stereocenters. The van der Waals surface area contributed by atoms with Gasteiger partial charge in [-0.1, -0.05) is 43.7 Å². The molecule has 0 aliphatic carbocycles. The molecule has 1 N–H and O–H groups in total. The number of aliphatic hydroxyl groups is 1. The van der Waals surface area contributed by atoms with Gasteiger partial charge in [-0.3, -0.25) is 0 Å². The zero-order valence-electron chi connectivity index (χ0n) is 9.36. The smallest absolute Gasteiger partial charge is 0.154 e. The Kier molecular flexibility index (Phi) is 6.05. The molecule has 1 aromatic rings. The highest BCUT2D eigenvalue weighted by Gasteiger charge is 2.03. The van der Waals surface area contributed by atoms with E-state index in [1.54, 1.807) is 0 Å². The molecule has 0 aliphatic heterocycles. The van der Waals surface area contributed by atoms with Gasteiger partial charge in [0.15, 0.2) is 6.29 Å². The van der Waals surface area contributed by atoms with Crippen molar-refractivity contribution in [2.45, 2.75) is 38.9 Å². The molecule has 0 spiro atoms. The molecule has 84 valence electrons. The fourth-order valence-electron chi connectivity index (χ4n) is 1.38. The summed E-state index contributed by atoms with van der Waals surface area (Å²) in [4.78, 5) is 0. The molecule has 0 saturated heterocycles. The van der Waals surface area contributed by atoms with E-state index >= 15 is 0 Å². The molecule has 0 bridgehead atoms. The maximum Gasteiger partial charge on any atom is 0.154 e. The summed E-state index contributed by atoms with van der Waals surface area (Å²) < 4.78 is 5.26. The number of aliphatic hydroxyl groups excluding tert-OH is 1. The Balaban J connectivity index is 2.14. The first-order chi connectivity index (χ1) is 7.33. The molecule has 0 heterocycles. The van der Waals surface area contributed by atoms with Crippen molar-refractivity contribution < 1.29 is 9.84 Å². The number of rotatable bonds is 7. The number of unbranched alkanes of at least 4 members (excludes halogenated alkanes) is 1. The Bertz CT molecular complexity index is 246. The fourth-order valence-corrected chi connectivity index (χ4v) is 1.38. The lowest BCUT2D eigenvalue weighted by Gasteiger charge is -2.11. The molecule has 1 rings (SSSR count). The molecule has 0 saturated carbocycles. The van der Waals surface area contributed by atoms with Crippen LogP contribution in [0.2, 0.25) is 0 Å². The Morgan fingerprint density at radius 1 is 1.27 bits per heavy atom. The number of hydrogen-bond donors (Lipinski definition) is 1. The van der Waals surface area contributed by atoms with Gasteiger partial charge in [-0.2, -0.15) is 0 Å². The van der Waals surface area contributed by atoms with E-state index in [0.29, 0.717) is 13.0 Å². The first-order valence-electron chi connectivity index (χ1n) is 5.66. The lowest BCUT2D eigenvalue weighted by Crippen LogP contribution is -2.13. The molecule has 0 amide bonds. The van der Waals surface area contributed by atoms with E-state index < -0.39 is 6.29 Å². The van der Waals surface area contributed by atoms with Crippen molar-refractivity contribution in [3.63, 3.8) is 0 Å². The first-order valence-corrected chi connectivity index (χ1v) is 5.66. The van der Waals surface area contributed by atoms with E-state index in [9.17, 15) is 5.11 Å². The summed E-state index contributed by atoms with van der Waals surface area (Å²) in [5.41, 5.74) is 1.25. The zero-order chi connectivity index (χ0) is 10.9. The third-order valence-electron chi connectivity index (χ3n) is 2.33. The quantitative estimate of drug-likeness (QED) is 0.551. The van der Waals surface area contributed by atoms with Crippen molar-refractivity contribution in [1.29, 1.82) is 0 Å². The summed E-state index contributed by atoms with van der Waals surface area (Å²) in [6.07, 6.45) is 3.05. The van der Waals surface area contributed by atoms with Crippen molar-refractivity contribution in [2.75, 3.05) is 6.61 Å². The van der Waals surface area contributed by atoms with E-state index in [4.69, 9.17) is 4.74 Å². The van der Waals surface area contributed by atoms with Crippen LogP contribution in [-0.4, -0.2) is 18.0 Å². The third-order valence-corrected chi connectivity index (χ3v) is 2.33. The maximum atomic E-state index is 9.51. The van der Waals surface area contributed by atoms with Crippen LogP contribution in [0.3, 0.4) is 0 Å². The minimum absolute atomic E-state index is 0.614. The van der Waals surface area contributed by atoms with Crippen LogP contribution in [0.5, 0.6) is 0 Å². The van der Waals surface area contributed by atoms with Gasteiger partial charge in [0.05, 0.1) is 0 Å². The van der Waals surface area contributed by atoms with Crippen LogP contribution >= 0.6 is 0 Å². The lowest BCUT2D eigenvalue weighted by atomic mass is 10.1. The van der Waals surface area contributed by atoms with E-state index in [-0.39, 0.29) is 0 Å². The molecule has 1 atom stereocenters. The Morgan fingerprint density at radius 2 is 2.00 bits per heavy atom. The summed E-state index contributed by atoms with van der Waals surface area (Å²) in [5.74, 6) is 0. The number of benzene rings is 1. The predicted molar refractivity (Wildman–Crippen MR) is 61.6 cm³/mol. The maximum absolute atomic E-state index is 9.51. The fraction of sp³-hybridized carbons (Fsp3) is 0.538. The molecule has 0 aromatic heterocycles. The van der Waals surface area contributed by atoms with Gasteiger partial charge in [0.1, 0.15) is 0 Å². The van der Waals surface area contributed by atoms with Gasteiger partial charge in [-0.25, -0.2) is 0 Å².